The summed E-state index contributed by atoms with van der Waals surface area (Å²) in [7, 11) is 0. The number of aromatic nitrogens is 3. The number of nitrogens with zero attached hydrogens (tertiary/aromatic N) is 4. The predicted molar refractivity (Wildman–Crippen MR) is 172 cm³/mol. The van der Waals surface area contributed by atoms with Crippen molar-refractivity contribution in [2.75, 3.05) is 30.3 Å². The standard InChI is InChI=1S/C34H39F3N6O3/c1-22-13-14-24-25(10-5-12-27(24)38-18-8-16-34(35,36)37)29(22)45-30-26(11-6-17-39-30)28-15-19-40-31(42-28)41-23-9-7-20-43(21-23)32(44)46-33(2,3)4/h5-6,10-15,17,19,23,38H,7-9,16,18,20-21H2,1-4H3,(H,40,41,42). The quantitative estimate of drug-likeness (QED) is 0.177. The predicted octanol–water partition coefficient (Wildman–Crippen LogP) is 8.36. The van der Waals surface area contributed by atoms with Crippen LogP contribution in [0.15, 0.2) is 60.9 Å². The maximum atomic E-state index is 12.6. The second-order valence-electron chi connectivity index (χ2n) is 12.4. The van der Waals surface area contributed by atoms with E-state index in [4.69, 9.17) is 14.5 Å². The Kier molecular flexibility index (Phi) is 9.83. The van der Waals surface area contributed by atoms with Crippen molar-refractivity contribution in [3.05, 3.63) is 66.5 Å². The van der Waals surface area contributed by atoms with E-state index in [-0.39, 0.29) is 25.1 Å². The van der Waals surface area contributed by atoms with Crippen LogP contribution >= 0.6 is 0 Å². The Hall–Kier alpha value is -4.61. The topological polar surface area (TPSA) is 102 Å². The molecular weight excluding hydrogens is 597 g/mol. The smallest absolute Gasteiger partial charge is 0.410 e. The fraction of sp³-hybridized carbons (Fsp3) is 0.412. The molecule has 2 aromatic carbocycles. The molecule has 1 aliphatic rings. The number of ether oxygens (including phenoxy) is 2. The number of pyridine rings is 1. The molecule has 0 aliphatic carbocycles. The lowest BCUT2D eigenvalue weighted by atomic mass is 10.0. The minimum Gasteiger partial charge on any atom is -0.444 e. The van der Waals surface area contributed by atoms with Crippen molar-refractivity contribution < 1.29 is 27.4 Å². The molecule has 1 amide bonds. The van der Waals surface area contributed by atoms with Crippen molar-refractivity contribution in [2.45, 2.75) is 71.2 Å². The summed E-state index contributed by atoms with van der Waals surface area (Å²) in [6.07, 6.45) is -0.398. The molecule has 1 unspecified atom stereocenters. The van der Waals surface area contributed by atoms with E-state index in [0.29, 0.717) is 41.9 Å². The zero-order valence-corrected chi connectivity index (χ0v) is 26.4. The van der Waals surface area contributed by atoms with E-state index >= 15 is 0 Å². The maximum Gasteiger partial charge on any atom is 0.410 e. The first kappa shape index (κ1) is 32.8. The molecule has 46 heavy (non-hydrogen) atoms. The summed E-state index contributed by atoms with van der Waals surface area (Å²) in [5, 5.41) is 8.14. The van der Waals surface area contributed by atoms with E-state index in [1.54, 1.807) is 29.4 Å². The van der Waals surface area contributed by atoms with Crippen LogP contribution in [-0.2, 0) is 4.74 Å². The number of rotatable bonds is 9. The van der Waals surface area contributed by atoms with Crippen LogP contribution in [0.25, 0.3) is 22.0 Å². The van der Waals surface area contributed by atoms with Gasteiger partial charge in [-0.1, -0.05) is 24.3 Å². The molecule has 2 aromatic heterocycles. The minimum atomic E-state index is -4.18. The average molecular weight is 637 g/mol. The van der Waals surface area contributed by atoms with Gasteiger partial charge in [-0.3, -0.25) is 0 Å². The summed E-state index contributed by atoms with van der Waals surface area (Å²) in [4.78, 5) is 28.1. The number of carbonyl (C=O) groups excluding carboxylic acids is 1. The molecule has 0 bridgehead atoms. The van der Waals surface area contributed by atoms with Gasteiger partial charge in [0.05, 0.1) is 11.3 Å². The van der Waals surface area contributed by atoms with Gasteiger partial charge >= 0.3 is 12.3 Å². The summed E-state index contributed by atoms with van der Waals surface area (Å²) in [5.41, 5.74) is 2.29. The normalized spacial score (nSPS) is 15.5. The van der Waals surface area contributed by atoms with Crippen molar-refractivity contribution >= 4 is 28.5 Å². The molecule has 0 spiro atoms. The SMILES string of the molecule is Cc1ccc2c(NCCCC(F)(F)F)cccc2c1Oc1ncccc1-c1ccnc(NC2CCCN(C(=O)OC(C)(C)C)C2)n1. The highest BCUT2D eigenvalue weighted by Gasteiger charge is 2.28. The molecule has 3 heterocycles. The minimum absolute atomic E-state index is 0.0229. The van der Waals surface area contributed by atoms with E-state index in [2.05, 4.69) is 20.6 Å². The van der Waals surface area contributed by atoms with Crippen LogP contribution in [0.1, 0.15) is 52.0 Å². The summed E-state index contributed by atoms with van der Waals surface area (Å²) >= 11 is 0. The molecule has 1 fully saturated rings. The summed E-state index contributed by atoms with van der Waals surface area (Å²) in [6.45, 7) is 8.78. The number of likely N-dealkylation sites (tertiary alicyclic amines) is 1. The molecule has 1 atom stereocenters. The highest BCUT2D eigenvalue weighted by molar-refractivity contribution is 5.98. The number of amides is 1. The lowest BCUT2D eigenvalue weighted by molar-refractivity contribution is -0.134. The summed E-state index contributed by atoms with van der Waals surface area (Å²) in [5.74, 6) is 1.36. The van der Waals surface area contributed by atoms with Crippen molar-refractivity contribution in [2.24, 2.45) is 0 Å². The fourth-order valence-electron chi connectivity index (χ4n) is 5.35. The lowest BCUT2D eigenvalue weighted by Crippen LogP contribution is -2.47. The van der Waals surface area contributed by atoms with Crippen LogP contribution < -0.4 is 15.4 Å². The number of aryl methyl sites for hydroxylation is 1. The Labute approximate surface area is 266 Å². The molecule has 0 radical (unpaired) electrons. The second kappa shape index (κ2) is 13.8. The van der Waals surface area contributed by atoms with Gasteiger partial charge in [0.15, 0.2) is 0 Å². The van der Waals surface area contributed by atoms with Gasteiger partial charge in [-0.25, -0.2) is 19.7 Å². The van der Waals surface area contributed by atoms with Crippen molar-refractivity contribution in [3.8, 4) is 22.9 Å². The number of hydrogen-bond donors (Lipinski definition) is 2. The maximum absolute atomic E-state index is 12.6. The Morgan fingerprint density at radius 3 is 2.63 bits per heavy atom. The van der Waals surface area contributed by atoms with Gasteiger partial charge in [0, 0.05) is 61.0 Å². The Balaban J connectivity index is 1.34. The molecule has 0 saturated carbocycles. The number of anilines is 2. The van der Waals surface area contributed by atoms with Gasteiger partial charge in [-0.2, -0.15) is 13.2 Å². The lowest BCUT2D eigenvalue weighted by Gasteiger charge is -2.34. The first-order valence-electron chi connectivity index (χ1n) is 15.4. The zero-order valence-electron chi connectivity index (χ0n) is 26.4. The van der Waals surface area contributed by atoms with Gasteiger partial charge < -0.3 is 25.0 Å². The van der Waals surface area contributed by atoms with Crippen LogP contribution in [0, 0.1) is 6.92 Å². The monoisotopic (exact) mass is 636 g/mol. The fourth-order valence-corrected chi connectivity index (χ4v) is 5.35. The number of hydrogen-bond acceptors (Lipinski definition) is 8. The number of halogens is 3. The number of benzene rings is 2. The molecule has 1 saturated heterocycles. The molecular formula is C34H39F3N6O3. The third-order valence-corrected chi connectivity index (χ3v) is 7.47. The van der Waals surface area contributed by atoms with Gasteiger partial charge in [0.2, 0.25) is 11.8 Å². The van der Waals surface area contributed by atoms with Crippen LogP contribution in [-0.4, -0.2) is 63.4 Å². The third-order valence-electron chi connectivity index (χ3n) is 7.47. The number of alkyl halides is 3. The third kappa shape index (κ3) is 8.55. The van der Waals surface area contributed by atoms with Crippen LogP contribution in [0.3, 0.4) is 0 Å². The molecule has 9 nitrogen and oxygen atoms in total. The van der Waals surface area contributed by atoms with E-state index in [1.165, 1.54) is 0 Å². The first-order valence-corrected chi connectivity index (χ1v) is 15.4. The molecule has 12 heteroatoms. The van der Waals surface area contributed by atoms with Gasteiger partial charge in [0.1, 0.15) is 11.4 Å². The van der Waals surface area contributed by atoms with Gasteiger partial charge in [-0.15, -0.1) is 0 Å². The van der Waals surface area contributed by atoms with E-state index in [1.807, 2.05) is 64.1 Å². The summed E-state index contributed by atoms with van der Waals surface area (Å²) < 4.78 is 49.9. The second-order valence-corrected chi connectivity index (χ2v) is 12.4. The van der Waals surface area contributed by atoms with E-state index in [9.17, 15) is 18.0 Å². The highest BCUT2D eigenvalue weighted by atomic mass is 19.4. The molecule has 4 aromatic rings. The molecule has 2 N–H and O–H groups in total. The molecule has 1 aliphatic heterocycles. The molecule has 5 rings (SSSR count). The Bertz CT molecular complexity index is 1670. The van der Waals surface area contributed by atoms with Crippen LogP contribution in [0.5, 0.6) is 11.6 Å². The number of carbonyl (C=O) groups is 1. The highest BCUT2D eigenvalue weighted by Crippen LogP contribution is 2.38. The zero-order chi connectivity index (χ0) is 32.9. The first-order chi connectivity index (χ1) is 21.9. The van der Waals surface area contributed by atoms with Crippen molar-refractivity contribution in [1.29, 1.82) is 0 Å². The molecule has 244 valence electrons. The van der Waals surface area contributed by atoms with Crippen molar-refractivity contribution in [1.82, 2.24) is 19.9 Å². The Morgan fingerprint density at radius 2 is 1.85 bits per heavy atom. The number of fused-ring (bicyclic) bond motifs is 1. The van der Waals surface area contributed by atoms with Crippen LogP contribution in [0.4, 0.5) is 29.6 Å². The largest absolute Gasteiger partial charge is 0.444 e. The number of nitrogens with one attached hydrogen (secondary N) is 2. The van der Waals surface area contributed by atoms with Crippen LogP contribution in [0.2, 0.25) is 0 Å². The van der Waals surface area contributed by atoms with Crippen molar-refractivity contribution in [3.63, 3.8) is 0 Å². The van der Waals surface area contributed by atoms with E-state index < -0.39 is 18.2 Å². The summed E-state index contributed by atoms with van der Waals surface area (Å²) in [6, 6.07) is 14.9. The average Bonchev–Trinajstić information content (AvgIpc) is 3.00. The van der Waals surface area contributed by atoms with E-state index in [0.717, 1.165) is 34.9 Å². The van der Waals surface area contributed by atoms with Gasteiger partial charge in [0.25, 0.3) is 0 Å². The Morgan fingerprint density at radius 1 is 1.02 bits per heavy atom. The number of piperidine rings is 1. The van der Waals surface area contributed by atoms with Gasteiger partial charge in [-0.05, 0) is 76.8 Å².